The van der Waals surface area contributed by atoms with Crippen molar-refractivity contribution in [2.45, 2.75) is 43.7 Å². The summed E-state index contributed by atoms with van der Waals surface area (Å²) in [5, 5.41) is 0.710. The fourth-order valence-corrected chi connectivity index (χ4v) is 5.65. The molecule has 5 rings (SSSR count). The van der Waals surface area contributed by atoms with Crippen LogP contribution in [0.25, 0.3) is 11.1 Å². The van der Waals surface area contributed by atoms with Crippen LogP contribution in [0.15, 0.2) is 41.9 Å². The highest BCUT2D eigenvalue weighted by atomic mass is 32.2. The molecular formula is C20H22N4OS. The Balaban J connectivity index is 1.69. The number of nitrogens with zero attached hydrogens (tertiary/aromatic N) is 3. The van der Waals surface area contributed by atoms with E-state index in [0.717, 1.165) is 41.9 Å². The Morgan fingerprint density at radius 1 is 1.12 bits per heavy atom. The van der Waals surface area contributed by atoms with E-state index in [1.54, 1.807) is 18.1 Å². The van der Waals surface area contributed by atoms with Gasteiger partial charge in [-0.05, 0) is 43.4 Å². The zero-order chi connectivity index (χ0) is 17.6. The number of aliphatic imine (C=N–C) groups is 1. The summed E-state index contributed by atoms with van der Waals surface area (Å²) in [5.74, 6) is 2.39. The van der Waals surface area contributed by atoms with E-state index >= 15 is 0 Å². The van der Waals surface area contributed by atoms with Gasteiger partial charge in [-0.15, -0.1) is 0 Å². The molecule has 0 radical (unpaired) electrons. The van der Waals surface area contributed by atoms with Gasteiger partial charge >= 0.3 is 0 Å². The van der Waals surface area contributed by atoms with Gasteiger partial charge in [0.05, 0.1) is 5.54 Å². The number of rotatable bonds is 1. The Labute approximate surface area is 157 Å². The van der Waals surface area contributed by atoms with Crippen molar-refractivity contribution >= 4 is 16.9 Å². The summed E-state index contributed by atoms with van der Waals surface area (Å²) in [7, 11) is 0. The van der Waals surface area contributed by atoms with E-state index in [-0.39, 0.29) is 11.6 Å². The molecule has 1 unspecified atom stereocenters. The second-order valence-electron chi connectivity index (χ2n) is 7.36. The molecule has 26 heavy (non-hydrogen) atoms. The van der Waals surface area contributed by atoms with Crippen molar-refractivity contribution in [3.05, 3.63) is 42.5 Å². The van der Waals surface area contributed by atoms with E-state index in [1.165, 1.54) is 18.4 Å². The molecule has 1 aromatic carbocycles. The van der Waals surface area contributed by atoms with Gasteiger partial charge in [-0.25, -0.2) is 9.97 Å². The van der Waals surface area contributed by atoms with Gasteiger partial charge in [0.15, 0.2) is 5.17 Å². The standard InChI is InChI=1S/C20H22N4OS/c21-19-24-20(7-8-26-19)15-3-1-2-4-17(15)25-18-6-5-13(9-16(18)20)14-10-22-12-23-11-14/h5-6,9-12,15,17H,1-4,7-8H2,(H2,21,24)/t15-,17?,20+/m1/s1. The van der Waals surface area contributed by atoms with Crippen LogP contribution in [-0.2, 0) is 5.54 Å². The lowest BCUT2D eigenvalue weighted by atomic mass is 9.66. The second kappa shape index (κ2) is 6.27. The number of fused-ring (bicyclic) bond motifs is 4. The zero-order valence-electron chi connectivity index (χ0n) is 14.6. The number of benzene rings is 1. The lowest BCUT2D eigenvalue weighted by Gasteiger charge is -2.50. The van der Waals surface area contributed by atoms with E-state index in [1.807, 2.05) is 12.4 Å². The summed E-state index contributed by atoms with van der Waals surface area (Å²) in [6.07, 6.45) is 11.3. The van der Waals surface area contributed by atoms with Gasteiger partial charge in [-0.1, -0.05) is 24.2 Å². The number of nitrogens with two attached hydrogens (primary N) is 1. The third kappa shape index (κ3) is 2.50. The fraction of sp³-hybridized carbons (Fsp3) is 0.450. The van der Waals surface area contributed by atoms with Crippen molar-refractivity contribution in [1.29, 1.82) is 0 Å². The number of hydrogen-bond donors (Lipinski definition) is 1. The third-order valence-corrected chi connectivity index (χ3v) is 6.77. The van der Waals surface area contributed by atoms with Crippen molar-refractivity contribution in [2.75, 3.05) is 5.75 Å². The third-order valence-electron chi connectivity index (χ3n) is 5.98. The normalized spacial score (nSPS) is 30.1. The molecule has 0 amide bonds. The summed E-state index contributed by atoms with van der Waals surface area (Å²) >= 11 is 1.67. The van der Waals surface area contributed by atoms with Crippen LogP contribution in [0.1, 0.15) is 37.7 Å². The van der Waals surface area contributed by atoms with E-state index in [9.17, 15) is 0 Å². The van der Waals surface area contributed by atoms with Crippen molar-refractivity contribution < 1.29 is 4.74 Å². The average Bonchev–Trinajstić information content (AvgIpc) is 2.69. The first-order valence-electron chi connectivity index (χ1n) is 9.31. The number of aromatic nitrogens is 2. The van der Waals surface area contributed by atoms with Gasteiger partial charge < -0.3 is 10.5 Å². The van der Waals surface area contributed by atoms with Crippen LogP contribution in [0.5, 0.6) is 5.75 Å². The molecule has 0 bridgehead atoms. The molecule has 5 nitrogen and oxygen atoms in total. The minimum atomic E-state index is -0.250. The monoisotopic (exact) mass is 366 g/mol. The van der Waals surface area contributed by atoms with Gasteiger partial charge in [0.25, 0.3) is 0 Å². The molecule has 1 fully saturated rings. The van der Waals surface area contributed by atoms with Gasteiger partial charge in [0.2, 0.25) is 0 Å². The summed E-state index contributed by atoms with van der Waals surface area (Å²) in [5.41, 5.74) is 9.27. The molecular weight excluding hydrogens is 344 g/mol. The molecule has 6 heteroatoms. The molecule has 2 aromatic rings. The van der Waals surface area contributed by atoms with Crippen molar-refractivity contribution in [2.24, 2.45) is 16.6 Å². The maximum atomic E-state index is 6.44. The minimum Gasteiger partial charge on any atom is -0.490 e. The highest BCUT2D eigenvalue weighted by molar-refractivity contribution is 8.13. The van der Waals surface area contributed by atoms with Crippen molar-refractivity contribution in [3.8, 4) is 16.9 Å². The van der Waals surface area contributed by atoms with Crippen LogP contribution in [-0.4, -0.2) is 27.0 Å². The fourth-order valence-electron chi connectivity index (χ4n) is 4.81. The first-order valence-corrected chi connectivity index (χ1v) is 10.3. The summed E-state index contributed by atoms with van der Waals surface area (Å²) in [6, 6.07) is 6.42. The SMILES string of the molecule is NC1=N[C@]2(CCS1)c1cc(-c3cncnc3)ccc1OC1CCCC[C@H]12. The minimum absolute atomic E-state index is 0.250. The first kappa shape index (κ1) is 16.1. The topological polar surface area (TPSA) is 73.4 Å². The van der Waals surface area contributed by atoms with E-state index in [0.29, 0.717) is 11.1 Å². The first-order chi connectivity index (χ1) is 12.8. The predicted octanol–water partition coefficient (Wildman–Crippen LogP) is 3.74. The van der Waals surface area contributed by atoms with E-state index < -0.39 is 0 Å². The lowest BCUT2D eigenvalue weighted by molar-refractivity contribution is 0.0158. The van der Waals surface area contributed by atoms with Crippen LogP contribution in [0, 0.1) is 5.92 Å². The molecule has 3 heterocycles. The van der Waals surface area contributed by atoms with E-state index in [4.69, 9.17) is 15.5 Å². The predicted molar refractivity (Wildman–Crippen MR) is 104 cm³/mol. The molecule has 3 atom stereocenters. The van der Waals surface area contributed by atoms with Crippen molar-refractivity contribution in [3.63, 3.8) is 0 Å². The molecule has 2 N–H and O–H groups in total. The summed E-state index contributed by atoms with van der Waals surface area (Å²) in [4.78, 5) is 13.4. The molecule has 1 spiro atoms. The van der Waals surface area contributed by atoms with Crippen LogP contribution in [0.4, 0.5) is 0 Å². The van der Waals surface area contributed by atoms with Crippen LogP contribution in [0.3, 0.4) is 0 Å². The maximum Gasteiger partial charge on any atom is 0.154 e. The maximum absolute atomic E-state index is 6.44. The van der Waals surface area contributed by atoms with Gasteiger partial charge in [-0.2, -0.15) is 0 Å². The van der Waals surface area contributed by atoms with Gasteiger partial charge in [-0.3, -0.25) is 4.99 Å². The molecule has 0 saturated heterocycles. The number of amidine groups is 1. The largest absolute Gasteiger partial charge is 0.490 e. The Bertz CT molecular complexity index is 856. The van der Waals surface area contributed by atoms with Crippen LogP contribution < -0.4 is 10.5 Å². The zero-order valence-corrected chi connectivity index (χ0v) is 15.4. The van der Waals surface area contributed by atoms with Gasteiger partial charge in [0, 0.05) is 35.2 Å². The molecule has 134 valence electrons. The summed E-state index contributed by atoms with van der Waals surface area (Å²) in [6.45, 7) is 0. The van der Waals surface area contributed by atoms with Crippen molar-refractivity contribution in [1.82, 2.24) is 9.97 Å². The number of ether oxygens (including phenoxy) is 1. The molecule has 1 saturated carbocycles. The quantitative estimate of drug-likeness (QED) is 0.832. The number of thioether (sulfide) groups is 1. The average molecular weight is 366 g/mol. The highest BCUT2D eigenvalue weighted by Crippen LogP contribution is 2.54. The molecule has 2 aliphatic heterocycles. The lowest BCUT2D eigenvalue weighted by Crippen LogP contribution is -2.50. The summed E-state index contributed by atoms with van der Waals surface area (Å²) < 4.78 is 6.44. The number of hydrogen-bond acceptors (Lipinski definition) is 6. The Hall–Kier alpha value is -2.08. The highest BCUT2D eigenvalue weighted by Gasteiger charge is 2.51. The Morgan fingerprint density at radius 3 is 2.81 bits per heavy atom. The smallest absolute Gasteiger partial charge is 0.154 e. The Kier molecular flexibility index (Phi) is 3.89. The van der Waals surface area contributed by atoms with Gasteiger partial charge in [0.1, 0.15) is 18.2 Å². The van der Waals surface area contributed by atoms with Crippen LogP contribution >= 0.6 is 11.8 Å². The second-order valence-corrected chi connectivity index (χ2v) is 8.47. The Morgan fingerprint density at radius 2 is 1.96 bits per heavy atom. The molecule has 3 aliphatic rings. The molecule has 1 aliphatic carbocycles. The van der Waals surface area contributed by atoms with E-state index in [2.05, 4.69) is 28.2 Å². The van der Waals surface area contributed by atoms with Crippen LogP contribution in [0.2, 0.25) is 0 Å². The molecule has 1 aromatic heterocycles.